The number of hydrogen-bond acceptors (Lipinski definition) is 3. The third kappa shape index (κ3) is 5.97. The number of nitrogens with zero attached hydrogens (tertiary/aromatic N) is 5. The van der Waals surface area contributed by atoms with Gasteiger partial charge in [0.1, 0.15) is 0 Å². The molecule has 1 aromatic heterocycles. The van der Waals surface area contributed by atoms with Crippen molar-refractivity contribution >= 4 is 29.9 Å². The van der Waals surface area contributed by atoms with E-state index in [1.54, 1.807) is 13.2 Å². The summed E-state index contributed by atoms with van der Waals surface area (Å²) in [4.78, 5) is 12.2. The van der Waals surface area contributed by atoms with E-state index in [-0.39, 0.29) is 30.0 Å². The van der Waals surface area contributed by atoms with E-state index >= 15 is 0 Å². The molecule has 2 aliphatic heterocycles. The normalized spacial score (nSPS) is 27.5. The molecular weight excluding hydrogens is 472 g/mol. The first-order valence-electron chi connectivity index (χ1n) is 9.10. The summed E-state index contributed by atoms with van der Waals surface area (Å²) in [7, 11) is 1.73. The molecule has 0 bridgehead atoms. The molecule has 154 valence electrons. The predicted molar refractivity (Wildman–Crippen MR) is 109 cm³/mol. The maximum Gasteiger partial charge on any atom is 0.401 e. The molecule has 0 saturated carbocycles. The quantitative estimate of drug-likeness (QED) is 0.394. The van der Waals surface area contributed by atoms with Crippen molar-refractivity contribution in [3.8, 4) is 0 Å². The van der Waals surface area contributed by atoms with E-state index in [0.29, 0.717) is 31.5 Å². The van der Waals surface area contributed by atoms with Gasteiger partial charge >= 0.3 is 6.18 Å². The van der Waals surface area contributed by atoms with Crippen LogP contribution in [0.5, 0.6) is 0 Å². The largest absolute Gasteiger partial charge is 0.401 e. The minimum absolute atomic E-state index is 0. The molecule has 1 N–H and O–H groups in total. The summed E-state index contributed by atoms with van der Waals surface area (Å²) < 4.78 is 39.8. The van der Waals surface area contributed by atoms with E-state index in [1.807, 2.05) is 12.5 Å². The Kier molecular flexibility index (Phi) is 7.78. The standard InChI is InChI=1S/C17H27F3N6.HI/c1-13-3-7-25(10-15(13)26-8-5-22-12-26)16(21-2)23-14-4-6-24(9-14)11-17(18,19)20;/h5,8,12-15H,3-4,6-7,9-11H2,1-2H3,(H,21,23);1H. The molecule has 2 saturated heterocycles. The molecule has 0 spiro atoms. The van der Waals surface area contributed by atoms with E-state index in [2.05, 4.69) is 31.7 Å². The SMILES string of the molecule is CN=C(NC1CCN(CC(F)(F)F)C1)N1CCC(C)C(n2ccnc2)C1.I. The molecule has 0 amide bonds. The van der Waals surface area contributed by atoms with Gasteiger partial charge < -0.3 is 14.8 Å². The maximum absolute atomic E-state index is 12.6. The monoisotopic (exact) mass is 500 g/mol. The van der Waals surface area contributed by atoms with E-state index in [0.717, 1.165) is 25.5 Å². The average Bonchev–Trinajstić information content (AvgIpc) is 3.24. The number of hydrogen-bond donors (Lipinski definition) is 1. The number of piperidine rings is 1. The van der Waals surface area contributed by atoms with Crippen LogP contribution in [-0.4, -0.2) is 77.3 Å². The third-order valence-electron chi connectivity index (χ3n) is 5.35. The lowest BCUT2D eigenvalue weighted by atomic mass is 9.93. The number of aliphatic imine (C=N–C) groups is 1. The molecular formula is C17H28F3IN6. The van der Waals surface area contributed by atoms with Crippen molar-refractivity contribution < 1.29 is 13.2 Å². The third-order valence-corrected chi connectivity index (χ3v) is 5.35. The van der Waals surface area contributed by atoms with Gasteiger partial charge in [-0.25, -0.2) is 4.98 Å². The number of alkyl halides is 3. The van der Waals surface area contributed by atoms with Crippen LogP contribution in [-0.2, 0) is 0 Å². The number of likely N-dealkylation sites (tertiary alicyclic amines) is 2. The Hall–Kier alpha value is -1.04. The summed E-state index contributed by atoms with van der Waals surface area (Å²) in [6.45, 7) is 3.97. The molecule has 0 aliphatic carbocycles. The van der Waals surface area contributed by atoms with Gasteiger partial charge in [0.15, 0.2) is 5.96 Å². The van der Waals surface area contributed by atoms with Crippen LogP contribution in [0.4, 0.5) is 13.2 Å². The molecule has 1 aromatic rings. The second-order valence-corrected chi connectivity index (χ2v) is 7.32. The van der Waals surface area contributed by atoms with Crippen LogP contribution in [0.1, 0.15) is 25.8 Å². The fourth-order valence-electron chi connectivity index (χ4n) is 3.92. The highest BCUT2D eigenvalue weighted by Gasteiger charge is 2.35. The van der Waals surface area contributed by atoms with Crippen molar-refractivity contribution in [2.24, 2.45) is 10.9 Å². The lowest BCUT2D eigenvalue weighted by Gasteiger charge is -2.39. The zero-order valence-corrected chi connectivity index (χ0v) is 18.0. The molecule has 3 heterocycles. The van der Waals surface area contributed by atoms with Gasteiger partial charge in [0.05, 0.1) is 18.9 Å². The van der Waals surface area contributed by atoms with Crippen LogP contribution < -0.4 is 5.32 Å². The van der Waals surface area contributed by atoms with Crippen LogP contribution in [0.3, 0.4) is 0 Å². The minimum Gasteiger partial charge on any atom is -0.352 e. The Labute approximate surface area is 175 Å². The molecule has 27 heavy (non-hydrogen) atoms. The Morgan fingerprint density at radius 1 is 1.26 bits per heavy atom. The molecule has 3 atom stereocenters. The number of guanidine groups is 1. The second-order valence-electron chi connectivity index (χ2n) is 7.32. The molecule has 6 nitrogen and oxygen atoms in total. The topological polar surface area (TPSA) is 48.7 Å². The fourth-order valence-corrected chi connectivity index (χ4v) is 3.92. The van der Waals surface area contributed by atoms with E-state index in [1.165, 1.54) is 4.90 Å². The lowest BCUT2D eigenvalue weighted by Crippen LogP contribution is -2.52. The van der Waals surface area contributed by atoms with Gasteiger partial charge in [0.2, 0.25) is 0 Å². The van der Waals surface area contributed by atoms with Gasteiger partial charge in [-0.15, -0.1) is 24.0 Å². The predicted octanol–water partition coefficient (Wildman–Crippen LogP) is 2.60. The van der Waals surface area contributed by atoms with E-state index in [4.69, 9.17) is 0 Å². The van der Waals surface area contributed by atoms with Crippen LogP contribution in [0.25, 0.3) is 0 Å². The summed E-state index contributed by atoms with van der Waals surface area (Å²) in [6.07, 6.45) is 3.20. The lowest BCUT2D eigenvalue weighted by molar-refractivity contribution is -0.143. The Morgan fingerprint density at radius 3 is 2.67 bits per heavy atom. The Bertz CT molecular complexity index is 606. The maximum atomic E-state index is 12.6. The number of rotatable bonds is 3. The first kappa shape index (κ1) is 22.3. The number of nitrogens with one attached hydrogen (secondary N) is 1. The fraction of sp³-hybridized carbons (Fsp3) is 0.765. The zero-order valence-electron chi connectivity index (χ0n) is 15.7. The molecule has 2 fully saturated rings. The highest BCUT2D eigenvalue weighted by molar-refractivity contribution is 14.0. The summed E-state index contributed by atoms with van der Waals surface area (Å²) >= 11 is 0. The molecule has 3 rings (SSSR count). The average molecular weight is 500 g/mol. The van der Waals surface area contributed by atoms with Gasteiger partial charge in [-0.1, -0.05) is 6.92 Å². The van der Waals surface area contributed by atoms with Crippen molar-refractivity contribution in [1.82, 2.24) is 24.7 Å². The van der Waals surface area contributed by atoms with Gasteiger partial charge in [0.25, 0.3) is 0 Å². The number of halogens is 4. The highest BCUT2D eigenvalue weighted by Crippen LogP contribution is 2.27. The Balaban J connectivity index is 0.00000261. The van der Waals surface area contributed by atoms with Crippen molar-refractivity contribution in [2.45, 2.75) is 38.0 Å². The van der Waals surface area contributed by atoms with Gasteiger partial charge in [0, 0.05) is 51.7 Å². The van der Waals surface area contributed by atoms with E-state index in [9.17, 15) is 13.2 Å². The van der Waals surface area contributed by atoms with Crippen molar-refractivity contribution in [3.05, 3.63) is 18.7 Å². The number of imidazole rings is 1. The van der Waals surface area contributed by atoms with Crippen LogP contribution >= 0.6 is 24.0 Å². The van der Waals surface area contributed by atoms with Gasteiger partial charge in [-0.3, -0.25) is 9.89 Å². The minimum atomic E-state index is -4.14. The van der Waals surface area contributed by atoms with Crippen LogP contribution in [0, 0.1) is 5.92 Å². The number of aromatic nitrogens is 2. The molecule has 2 aliphatic rings. The summed E-state index contributed by atoms with van der Waals surface area (Å²) in [5.41, 5.74) is 0. The van der Waals surface area contributed by atoms with Crippen LogP contribution in [0.15, 0.2) is 23.7 Å². The van der Waals surface area contributed by atoms with E-state index < -0.39 is 12.7 Å². The zero-order chi connectivity index (χ0) is 18.7. The Morgan fingerprint density at radius 2 is 2.04 bits per heavy atom. The summed E-state index contributed by atoms with van der Waals surface area (Å²) in [6, 6.07) is 0.317. The first-order valence-corrected chi connectivity index (χ1v) is 9.10. The van der Waals surface area contributed by atoms with Crippen molar-refractivity contribution in [2.75, 3.05) is 39.8 Å². The molecule has 0 radical (unpaired) electrons. The highest BCUT2D eigenvalue weighted by atomic mass is 127. The summed E-state index contributed by atoms with van der Waals surface area (Å²) in [5.74, 6) is 1.31. The first-order chi connectivity index (χ1) is 12.4. The molecule has 3 unspecified atom stereocenters. The van der Waals surface area contributed by atoms with Gasteiger partial charge in [-0.05, 0) is 18.8 Å². The van der Waals surface area contributed by atoms with Crippen molar-refractivity contribution in [3.63, 3.8) is 0 Å². The smallest absolute Gasteiger partial charge is 0.352 e. The van der Waals surface area contributed by atoms with Crippen molar-refractivity contribution in [1.29, 1.82) is 0 Å². The summed E-state index contributed by atoms with van der Waals surface area (Å²) in [5, 5.41) is 3.37. The van der Waals surface area contributed by atoms with Gasteiger partial charge in [-0.2, -0.15) is 13.2 Å². The second kappa shape index (κ2) is 9.44. The molecule has 0 aromatic carbocycles. The van der Waals surface area contributed by atoms with Crippen LogP contribution in [0.2, 0.25) is 0 Å². The molecule has 10 heteroatoms.